The smallest absolute Gasteiger partial charge is 0.419 e. The zero-order chi connectivity index (χ0) is 24.1. The van der Waals surface area contributed by atoms with Crippen LogP contribution >= 0.6 is 11.6 Å². The van der Waals surface area contributed by atoms with Crippen molar-refractivity contribution in [3.05, 3.63) is 95.7 Å². The lowest BCUT2D eigenvalue weighted by Crippen LogP contribution is -2.45. The third kappa shape index (κ3) is 3.31. The first-order valence-corrected chi connectivity index (χ1v) is 11.0. The minimum Gasteiger partial charge on any atom is -0.465 e. The number of nitrogens with zero attached hydrogens (tertiary/aromatic N) is 3. The predicted octanol–water partition coefficient (Wildman–Crippen LogP) is 2.81. The van der Waals surface area contributed by atoms with Crippen LogP contribution in [0.15, 0.2) is 61.4 Å². The molecule has 0 unspecified atom stereocenters. The molecule has 9 nitrogen and oxygen atoms in total. The SMILES string of the molecule is COC(=O)c1cn(-c2ccc3c(c2)oc(=O)n3C)c(=O)n([C@H]2CCCc3c(Cl)cccc32)c1=O. The number of rotatable bonds is 3. The highest BCUT2D eigenvalue weighted by atomic mass is 35.5. The molecule has 2 aromatic heterocycles. The van der Waals surface area contributed by atoms with Gasteiger partial charge in [-0.05, 0) is 48.6 Å². The Morgan fingerprint density at radius 3 is 2.74 bits per heavy atom. The van der Waals surface area contributed by atoms with Crippen LogP contribution in [0.1, 0.15) is 40.4 Å². The second kappa shape index (κ2) is 8.18. The van der Waals surface area contributed by atoms with Crippen LogP contribution in [0.4, 0.5) is 0 Å². The van der Waals surface area contributed by atoms with Crippen molar-refractivity contribution in [2.24, 2.45) is 7.05 Å². The molecule has 0 aliphatic heterocycles. The van der Waals surface area contributed by atoms with Gasteiger partial charge in [-0.25, -0.2) is 14.4 Å². The number of fused-ring (bicyclic) bond motifs is 2. The zero-order valence-electron chi connectivity index (χ0n) is 18.4. The number of carbonyl (C=O) groups is 1. The highest BCUT2D eigenvalue weighted by Gasteiger charge is 2.29. The quantitative estimate of drug-likeness (QED) is 0.417. The van der Waals surface area contributed by atoms with E-state index in [-0.39, 0.29) is 11.1 Å². The Labute approximate surface area is 197 Å². The van der Waals surface area contributed by atoms with E-state index >= 15 is 0 Å². The standard InChI is InChI=1S/C24H20ClN3O6/c1-26-19-10-9-13(11-20(19)34-24(26)32)27-12-16(22(30)33-2)21(29)28(23(27)31)18-8-4-5-14-15(18)6-3-7-17(14)25/h3,6-7,9-12,18H,4-5,8H2,1-2H3/t18-/m0/s1. The van der Waals surface area contributed by atoms with Gasteiger partial charge < -0.3 is 9.15 Å². The van der Waals surface area contributed by atoms with E-state index in [1.54, 1.807) is 31.3 Å². The summed E-state index contributed by atoms with van der Waals surface area (Å²) in [6.07, 6.45) is 3.14. The molecule has 0 radical (unpaired) electrons. The van der Waals surface area contributed by atoms with Crippen LogP contribution in [0, 0.1) is 0 Å². The Morgan fingerprint density at radius 1 is 1.18 bits per heavy atom. The topological polar surface area (TPSA) is 105 Å². The second-order valence-electron chi connectivity index (χ2n) is 8.16. The number of hydrogen-bond donors (Lipinski definition) is 0. The van der Waals surface area contributed by atoms with Crippen molar-refractivity contribution in [3.63, 3.8) is 0 Å². The number of carbonyl (C=O) groups excluding carboxylic acids is 1. The zero-order valence-corrected chi connectivity index (χ0v) is 19.2. The van der Waals surface area contributed by atoms with Crippen molar-refractivity contribution in [3.8, 4) is 5.69 Å². The Morgan fingerprint density at radius 2 is 1.97 bits per heavy atom. The number of esters is 1. The Kier molecular flexibility index (Phi) is 5.28. The summed E-state index contributed by atoms with van der Waals surface area (Å²) in [7, 11) is 2.74. The maximum atomic E-state index is 13.7. The fourth-order valence-corrected chi connectivity index (χ4v) is 4.88. The number of hydrogen-bond acceptors (Lipinski definition) is 6. The van der Waals surface area contributed by atoms with Crippen molar-refractivity contribution >= 4 is 28.7 Å². The molecule has 0 bridgehead atoms. The van der Waals surface area contributed by atoms with Gasteiger partial charge in [0.25, 0.3) is 5.56 Å². The van der Waals surface area contributed by atoms with Gasteiger partial charge in [0.1, 0.15) is 5.56 Å². The minimum atomic E-state index is -0.859. The molecular formula is C24H20ClN3O6. The van der Waals surface area contributed by atoms with Crippen LogP contribution in [-0.4, -0.2) is 26.8 Å². The lowest BCUT2D eigenvalue weighted by Gasteiger charge is -2.28. The average molecular weight is 482 g/mol. The van der Waals surface area contributed by atoms with Gasteiger partial charge in [-0.15, -0.1) is 0 Å². The summed E-state index contributed by atoms with van der Waals surface area (Å²) in [5.41, 5.74) is 1.14. The lowest BCUT2D eigenvalue weighted by molar-refractivity contribution is 0.0596. The van der Waals surface area contributed by atoms with Crippen LogP contribution in [0.25, 0.3) is 16.8 Å². The van der Waals surface area contributed by atoms with Gasteiger partial charge in [-0.2, -0.15) is 0 Å². The molecule has 0 N–H and O–H groups in total. The first-order valence-electron chi connectivity index (χ1n) is 10.7. The fraction of sp³-hybridized carbons (Fsp3) is 0.250. The maximum absolute atomic E-state index is 13.7. The van der Waals surface area contributed by atoms with E-state index < -0.39 is 29.0 Å². The molecule has 1 aliphatic rings. The fourth-order valence-electron chi connectivity index (χ4n) is 4.60. The van der Waals surface area contributed by atoms with E-state index in [2.05, 4.69) is 0 Å². The normalized spacial score (nSPS) is 15.3. The highest BCUT2D eigenvalue weighted by molar-refractivity contribution is 6.31. The van der Waals surface area contributed by atoms with Crippen molar-refractivity contribution in [2.75, 3.05) is 7.11 Å². The number of oxazole rings is 1. The molecule has 2 aromatic carbocycles. The third-order valence-corrected chi connectivity index (χ3v) is 6.66. The van der Waals surface area contributed by atoms with Gasteiger partial charge in [0.15, 0.2) is 5.58 Å². The number of aryl methyl sites for hydroxylation is 1. The van der Waals surface area contributed by atoms with E-state index in [1.165, 1.54) is 22.3 Å². The van der Waals surface area contributed by atoms with E-state index in [4.69, 9.17) is 20.8 Å². The molecule has 174 valence electrons. The van der Waals surface area contributed by atoms with E-state index in [0.29, 0.717) is 22.6 Å². The van der Waals surface area contributed by atoms with Crippen molar-refractivity contribution in [1.29, 1.82) is 0 Å². The summed E-state index contributed by atoms with van der Waals surface area (Å²) in [6.45, 7) is 0. The average Bonchev–Trinajstić information content (AvgIpc) is 3.12. The van der Waals surface area contributed by atoms with Crippen molar-refractivity contribution in [1.82, 2.24) is 13.7 Å². The lowest BCUT2D eigenvalue weighted by atomic mass is 9.87. The molecule has 0 saturated heterocycles. The van der Waals surface area contributed by atoms with Crippen LogP contribution in [0.2, 0.25) is 5.02 Å². The molecule has 5 rings (SSSR count). The molecule has 1 atom stereocenters. The Bertz CT molecular complexity index is 1640. The van der Waals surface area contributed by atoms with Crippen molar-refractivity contribution in [2.45, 2.75) is 25.3 Å². The number of aromatic nitrogens is 3. The van der Waals surface area contributed by atoms with Crippen molar-refractivity contribution < 1.29 is 13.9 Å². The maximum Gasteiger partial charge on any atom is 0.419 e. The summed E-state index contributed by atoms with van der Waals surface area (Å²) in [5, 5.41) is 0.573. The number of ether oxygens (including phenoxy) is 1. The van der Waals surface area contributed by atoms with Gasteiger partial charge in [0, 0.05) is 24.3 Å². The minimum absolute atomic E-state index is 0.268. The van der Waals surface area contributed by atoms with Crippen LogP contribution in [0.3, 0.4) is 0 Å². The van der Waals surface area contributed by atoms with Crippen LogP contribution in [-0.2, 0) is 18.2 Å². The molecule has 0 saturated carbocycles. The molecule has 10 heteroatoms. The first kappa shape index (κ1) is 22.0. The largest absolute Gasteiger partial charge is 0.465 e. The van der Waals surface area contributed by atoms with E-state index in [9.17, 15) is 19.2 Å². The summed E-state index contributed by atoms with van der Waals surface area (Å²) in [4.78, 5) is 51.5. The highest BCUT2D eigenvalue weighted by Crippen LogP contribution is 2.35. The van der Waals surface area contributed by atoms with Crippen LogP contribution in [0.5, 0.6) is 0 Å². The molecule has 34 heavy (non-hydrogen) atoms. The predicted molar refractivity (Wildman–Crippen MR) is 125 cm³/mol. The molecule has 0 spiro atoms. The molecular weight excluding hydrogens is 462 g/mol. The second-order valence-corrected chi connectivity index (χ2v) is 8.56. The van der Waals surface area contributed by atoms with Gasteiger partial charge in [0.2, 0.25) is 0 Å². The number of methoxy groups -OCH3 is 1. The molecule has 2 heterocycles. The summed E-state index contributed by atoms with van der Waals surface area (Å²) in [6, 6.07) is 9.55. The monoisotopic (exact) mass is 481 g/mol. The summed E-state index contributed by atoms with van der Waals surface area (Å²) in [5.74, 6) is -1.41. The van der Waals surface area contributed by atoms with Crippen LogP contribution < -0.4 is 17.0 Å². The van der Waals surface area contributed by atoms with Gasteiger partial charge in [-0.1, -0.05) is 23.7 Å². The molecule has 4 aromatic rings. The first-order chi connectivity index (χ1) is 16.3. The summed E-state index contributed by atoms with van der Waals surface area (Å²) < 4.78 is 13.7. The number of halogens is 1. The van der Waals surface area contributed by atoms with Gasteiger partial charge in [0.05, 0.1) is 24.4 Å². The molecule has 0 amide bonds. The van der Waals surface area contributed by atoms with E-state index in [0.717, 1.165) is 34.7 Å². The molecule has 1 aliphatic carbocycles. The Balaban J connectivity index is 1.80. The molecule has 0 fully saturated rings. The van der Waals surface area contributed by atoms with Gasteiger partial charge >= 0.3 is 17.4 Å². The number of benzene rings is 2. The Hall–Kier alpha value is -3.85. The van der Waals surface area contributed by atoms with Gasteiger partial charge in [-0.3, -0.25) is 18.5 Å². The third-order valence-electron chi connectivity index (χ3n) is 6.31. The summed E-state index contributed by atoms with van der Waals surface area (Å²) >= 11 is 6.39. The van der Waals surface area contributed by atoms with E-state index in [1.807, 2.05) is 6.07 Å².